The number of ether oxygens (including phenoxy) is 3. The van der Waals surface area contributed by atoms with Gasteiger partial charge in [-0.3, -0.25) is 4.79 Å². The van der Waals surface area contributed by atoms with Crippen molar-refractivity contribution in [1.29, 1.82) is 0 Å². The second-order valence-electron chi connectivity index (χ2n) is 7.32. The Hall–Kier alpha value is -1.13. The highest BCUT2D eigenvalue weighted by molar-refractivity contribution is 6.18. The van der Waals surface area contributed by atoms with Crippen LogP contribution >= 0.6 is 23.2 Å². The largest absolute Gasteiger partial charge is 0.463 e. The molecule has 1 aromatic carbocycles. The van der Waals surface area contributed by atoms with Crippen LogP contribution in [0.1, 0.15) is 18.4 Å². The molecule has 8 nitrogen and oxygen atoms in total. The van der Waals surface area contributed by atoms with Gasteiger partial charge in [-0.15, -0.1) is 23.2 Å². The fourth-order valence-corrected chi connectivity index (χ4v) is 3.79. The Balaban J connectivity index is 1.74. The van der Waals surface area contributed by atoms with E-state index in [0.717, 1.165) is 24.3 Å². The van der Waals surface area contributed by atoms with Crippen molar-refractivity contribution in [3.05, 3.63) is 29.8 Å². The summed E-state index contributed by atoms with van der Waals surface area (Å²) < 4.78 is 15.4. The van der Waals surface area contributed by atoms with E-state index < -0.39 is 36.7 Å². The number of hydrogen-bond donors (Lipinski definition) is 3. The molecule has 5 atom stereocenters. The SMILES string of the molecule is CO[C@@H]1O[C@H](COC(=O)CCCc2ccc(N(CCCl)CCCl)cc2)[C@@H](O)[C@H](O)[C@H]1O. The van der Waals surface area contributed by atoms with E-state index in [0.29, 0.717) is 24.6 Å². The van der Waals surface area contributed by atoms with Gasteiger partial charge >= 0.3 is 5.97 Å². The van der Waals surface area contributed by atoms with Crippen LogP contribution in [-0.4, -0.2) is 90.6 Å². The molecule has 176 valence electrons. The monoisotopic (exact) mass is 479 g/mol. The zero-order valence-corrected chi connectivity index (χ0v) is 19.0. The molecule has 1 fully saturated rings. The second-order valence-corrected chi connectivity index (χ2v) is 8.07. The quantitative estimate of drug-likeness (QED) is 0.304. The molecule has 1 aliphatic heterocycles. The van der Waals surface area contributed by atoms with Gasteiger partial charge in [0.15, 0.2) is 6.29 Å². The molecule has 3 N–H and O–H groups in total. The van der Waals surface area contributed by atoms with Gasteiger partial charge in [0.25, 0.3) is 0 Å². The number of rotatable bonds is 12. The molecule has 0 aromatic heterocycles. The van der Waals surface area contributed by atoms with E-state index in [1.54, 1.807) is 0 Å². The van der Waals surface area contributed by atoms with Crippen molar-refractivity contribution < 1.29 is 34.3 Å². The van der Waals surface area contributed by atoms with E-state index in [2.05, 4.69) is 4.90 Å². The van der Waals surface area contributed by atoms with Gasteiger partial charge in [-0.1, -0.05) is 12.1 Å². The van der Waals surface area contributed by atoms with Crippen molar-refractivity contribution in [2.75, 3.05) is 43.5 Å². The van der Waals surface area contributed by atoms with Crippen molar-refractivity contribution in [3.8, 4) is 0 Å². The lowest BCUT2D eigenvalue weighted by atomic mass is 9.99. The van der Waals surface area contributed by atoms with Crippen molar-refractivity contribution in [3.63, 3.8) is 0 Å². The zero-order chi connectivity index (χ0) is 22.8. The molecule has 10 heteroatoms. The Morgan fingerprint density at radius 3 is 2.29 bits per heavy atom. The average Bonchev–Trinajstić information content (AvgIpc) is 2.77. The molecule has 0 unspecified atom stereocenters. The third kappa shape index (κ3) is 7.75. The number of aliphatic hydroxyl groups is 3. The standard InChI is InChI=1S/C21H31Cl2NO7/c1-29-21-20(28)19(27)18(26)16(31-21)13-30-17(25)4-2-3-14-5-7-15(8-6-14)24(11-9-22)12-10-23/h5-8,16,18-21,26-28H,2-4,9-13H2,1H3/t16-,18-,19+,20-,21-/m1/s1. The van der Waals surface area contributed by atoms with Crippen LogP contribution in [-0.2, 0) is 25.4 Å². The highest BCUT2D eigenvalue weighted by Gasteiger charge is 2.44. The third-order valence-corrected chi connectivity index (χ3v) is 5.50. The smallest absolute Gasteiger partial charge is 0.305 e. The molecular formula is C21H31Cl2NO7. The maximum absolute atomic E-state index is 12.0. The average molecular weight is 480 g/mol. The predicted octanol–water partition coefficient (Wildman–Crippen LogP) is 1.29. The van der Waals surface area contributed by atoms with Gasteiger partial charge in [-0.25, -0.2) is 0 Å². The van der Waals surface area contributed by atoms with Crippen LogP contribution in [0.4, 0.5) is 5.69 Å². The summed E-state index contributed by atoms with van der Waals surface area (Å²) in [5.41, 5.74) is 2.15. The van der Waals surface area contributed by atoms with E-state index in [-0.39, 0.29) is 13.0 Å². The minimum absolute atomic E-state index is 0.202. The number of anilines is 1. The number of carbonyl (C=O) groups excluding carboxylic acids is 1. The number of benzene rings is 1. The first-order valence-electron chi connectivity index (χ1n) is 10.2. The maximum Gasteiger partial charge on any atom is 0.305 e. The highest BCUT2D eigenvalue weighted by atomic mass is 35.5. The fourth-order valence-electron chi connectivity index (χ4n) is 3.38. The van der Waals surface area contributed by atoms with E-state index in [4.69, 9.17) is 37.4 Å². The Bertz CT molecular complexity index is 656. The first-order valence-corrected chi connectivity index (χ1v) is 11.3. The summed E-state index contributed by atoms with van der Waals surface area (Å²) in [6.07, 6.45) is -4.79. The van der Waals surface area contributed by atoms with Crippen molar-refractivity contribution in [1.82, 2.24) is 0 Å². The molecule has 0 radical (unpaired) electrons. The number of esters is 1. The van der Waals surface area contributed by atoms with Crippen LogP contribution in [0.25, 0.3) is 0 Å². The van der Waals surface area contributed by atoms with Crippen LogP contribution < -0.4 is 4.90 Å². The first-order chi connectivity index (χ1) is 14.9. The normalized spacial score (nSPS) is 25.9. The predicted molar refractivity (Wildman–Crippen MR) is 118 cm³/mol. The zero-order valence-electron chi connectivity index (χ0n) is 17.5. The van der Waals surface area contributed by atoms with Gasteiger partial charge in [0.2, 0.25) is 0 Å². The summed E-state index contributed by atoms with van der Waals surface area (Å²) in [5, 5.41) is 29.6. The van der Waals surface area contributed by atoms with Crippen LogP contribution in [0.5, 0.6) is 0 Å². The number of nitrogens with zero attached hydrogens (tertiary/aromatic N) is 1. The number of halogens is 2. The Morgan fingerprint density at radius 1 is 1.06 bits per heavy atom. The molecule has 1 saturated heterocycles. The lowest BCUT2D eigenvalue weighted by molar-refractivity contribution is -0.295. The number of carbonyl (C=O) groups is 1. The Labute approximate surface area is 192 Å². The maximum atomic E-state index is 12.0. The van der Waals surface area contributed by atoms with Gasteiger partial charge in [-0.05, 0) is 30.5 Å². The van der Waals surface area contributed by atoms with Crippen molar-refractivity contribution >= 4 is 34.9 Å². The molecular weight excluding hydrogens is 449 g/mol. The summed E-state index contributed by atoms with van der Waals surface area (Å²) in [6.45, 7) is 1.20. The summed E-state index contributed by atoms with van der Waals surface area (Å²) in [5.74, 6) is 0.613. The van der Waals surface area contributed by atoms with Crippen LogP contribution in [0, 0.1) is 0 Å². The second kappa shape index (κ2) is 13.4. The third-order valence-electron chi connectivity index (χ3n) is 5.17. The molecule has 0 saturated carbocycles. The molecule has 31 heavy (non-hydrogen) atoms. The molecule has 1 heterocycles. The summed E-state index contributed by atoms with van der Waals surface area (Å²) in [4.78, 5) is 14.2. The molecule has 0 aliphatic carbocycles. The van der Waals surface area contributed by atoms with Crippen molar-refractivity contribution in [2.45, 2.75) is 50.0 Å². The number of aryl methyl sites for hydroxylation is 1. The first kappa shape index (κ1) is 26.1. The van der Waals surface area contributed by atoms with E-state index >= 15 is 0 Å². The Morgan fingerprint density at radius 2 is 1.71 bits per heavy atom. The minimum atomic E-state index is -1.45. The van der Waals surface area contributed by atoms with Gasteiger partial charge in [-0.2, -0.15) is 0 Å². The molecule has 0 bridgehead atoms. The molecule has 1 aliphatic rings. The van der Waals surface area contributed by atoms with Gasteiger partial charge in [0, 0.05) is 44.1 Å². The number of aliphatic hydroxyl groups excluding tert-OH is 3. The minimum Gasteiger partial charge on any atom is -0.463 e. The number of hydrogen-bond acceptors (Lipinski definition) is 8. The number of methoxy groups -OCH3 is 1. The van der Waals surface area contributed by atoms with Gasteiger partial charge < -0.3 is 34.4 Å². The highest BCUT2D eigenvalue weighted by Crippen LogP contribution is 2.22. The topological polar surface area (TPSA) is 109 Å². The summed E-state index contributed by atoms with van der Waals surface area (Å²) >= 11 is 11.7. The van der Waals surface area contributed by atoms with E-state index in [1.165, 1.54) is 7.11 Å². The summed E-state index contributed by atoms with van der Waals surface area (Å²) in [7, 11) is 1.31. The molecule has 1 aromatic rings. The van der Waals surface area contributed by atoms with Crippen molar-refractivity contribution in [2.24, 2.45) is 0 Å². The lowest BCUT2D eigenvalue weighted by Gasteiger charge is -2.39. The van der Waals surface area contributed by atoms with Gasteiger partial charge in [0.1, 0.15) is 31.0 Å². The lowest BCUT2D eigenvalue weighted by Crippen LogP contribution is -2.59. The number of alkyl halides is 2. The van der Waals surface area contributed by atoms with E-state index in [1.807, 2.05) is 24.3 Å². The molecule has 0 spiro atoms. The molecule has 2 rings (SSSR count). The fraction of sp³-hybridized carbons (Fsp3) is 0.667. The van der Waals surface area contributed by atoms with Crippen LogP contribution in [0.2, 0.25) is 0 Å². The molecule has 0 amide bonds. The van der Waals surface area contributed by atoms with E-state index in [9.17, 15) is 20.1 Å². The van der Waals surface area contributed by atoms with Crippen LogP contribution in [0.15, 0.2) is 24.3 Å². The van der Waals surface area contributed by atoms with Crippen LogP contribution in [0.3, 0.4) is 0 Å². The van der Waals surface area contributed by atoms with Gasteiger partial charge in [0.05, 0.1) is 0 Å². The Kier molecular flexibility index (Phi) is 11.3. The summed E-state index contributed by atoms with van der Waals surface area (Å²) in [6, 6.07) is 8.06.